The SMILES string of the molecule is Cc1ccc(Cl)cc1NC1=NC2(CCCC2)CS1. The van der Waals surface area contributed by atoms with Gasteiger partial charge in [0.25, 0.3) is 0 Å². The lowest BCUT2D eigenvalue weighted by Crippen LogP contribution is -2.21. The normalized spacial score (nSPS) is 21.3. The number of hydrogen-bond donors (Lipinski definition) is 1. The molecule has 1 saturated carbocycles. The molecule has 3 rings (SSSR count). The molecule has 4 heteroatoms. The molecule has 2 aliphatic rings. The monoisotopic (exact) mass is 280 g/mol. The molecule has 0 radical (unpaired) electrons. The quantitative estimate of drug-likeness (QED) is 0.820. The van der Waals surface area contributed by atoms with Crippen LogP contribution >= 0.6 is 23.4 Å². The van der Waals surface area contributed by atoms with E-state index in [2.05, 4.69) is 12.2 Å². The number of amidine groups is 1. The first-order valence-electron chi connectivity index (χ1n) is 6.43. The standard InChI is InChI=1S/C14H17ClN2S/c1-10-4-5-11(15)8-12(10)16-13-17-14(9-18-13)6-2-3-7-14/h4-5,8H,2-3,6-7,9H2,1H3,(H,16,17). The number of benzene rings is 1. The van der Waals surface area contributed by atoms with Crippen molar-refractivity contribution >= 4 is 34.2 Å². The van der Waals surface area contributed by atoms with Crippen molar-refractivity contribution in [3.05, 3.63) is 28.8 Å². The molecular weight excluding hydrogens is 264 g/mol. The summed E-state index contributed by atoms with van der Waals surface area (Å²) in [6.45, 7) is 2.09. The first-order valence-corrected chi connectivity index (χ1v) is 7.79. The zero-order valence-corrected chi connectivity index (χ0v) is 12.1. The first kappa shape index (κ1) is 12.4. The van der Waals surface area contributed by atoms with Gasteiger partial charge >= 0.3 is 0 Å². The van der Waals surface area contributed by atoms with E-state index in [9.17, 15) is 0 Å². The van der Waals surface area contributed by atoms with Crippen LogP contribution in [-0.2, 0) is 0 Å². The molecule has 96 valence electrons. The first-order chi connectivity index (χ1) is 8.67. The number of aryl methyl sites for hydroxylation is 1. The Morgan fingerprint density at radius 2 is 2.11 bits per heavy atom. The van der Waals surface area contributed by atoms with Crippen LogP contribution in [0.25, 0.3) is 0 Å². The van der Waals surface area contributed by atoms with Gasteiger partial charge < -0.3 is 5.32 Å². The molecule has 2 nitrogen and oxygen atoms in total. The van der Waals surface area contributed by atoms with Crippen molar-refractivity contribution in [1.82, 2.24) is 0 Å². The summed E-state index contributed by atoms with van der Waals surface area (Å²) in [6.07, 6.45) is 5.15. The third-order valence-electron chi connectivity index (χ3n) is 3.79. The van der Waals surface area contributed by atoms with Gasteiger partial charge in [-0.2, -0.15) is 0 Å². The summed E-state index contributed by atoms with van der Waals surface area (Å²) < 4.78 is 0. The number of halogens is 1. The number of hydrogen-bond acceptors (Lipinski definition) is 3. The Morgan fingerprint density at radius 1 is 1.33 bits per heavy atom. The fourth-order valence-corrected chi connectivity index (χ4v) is 4.05. The third-order valence-corrected chi connectivity index (χ3v) is 5.18. The number of nitrogens with zero attached hydrogens (tertiary/aromatic N) is 1. The second kappa shape index (κ2) is 4.78. The fraction of sp³-hybridized carbons (Fsp3) is 0.500. The number of aliphatic imine (C=N–C) groups is 1. The summed E-state index contributed by atoms with van der Waals surface area (Å²) in [5.41, 5.74) is 2.51. The van der Waals surface area contributed by atoms with E-state index in [0.717, 1.165) is 21.6 Å². The van der Waals surface area contributed by atoms with Crippen molar-refractivity contribution < 1.29 is 0 Å². The largest absolute Gasteiger partial charge is 0.335 e. The summed E-state index contributed by atoms with van der Waals surface area (Å²) >= 11 is 7.88. The Morgan fingerprint density at radius 3 is 2.89 bits per heavy atom. The molecule has 1 spiro atoms. The van der Waals surface area contributed by atoms with Crippen LogP contribution in [0, 0.1) is 6.92 Å². The zero-order valence-electron chi connectivity index (χ0n) is 10.5. The Kier molecular flexibility index (Phi) is 3.29. The van der Waals surface area contributed by atoms with E-state index in [-0.39, 0.29) is 5.54 Å². The van der Waals surface area contributed by atoms with Crippen LogP contribution in [-0.4, -0.2) is 16.5 Å². The molecule has 0 amide bonds. The number of nitrogens with one attached hydrogen (secondary N) is 1. The summed E-state index contributed by atoms with van der Waals surface area (Å²) in [5.74, 6) is 1.13. The molecule has 0 aromatic heterocycles. The zero-order chi connectivity index (χ0) is 12.6. The van der Waals surface area contributed by atoms with Crippen molar-refractivity contribution in [3.63, 3.8) is 0 Å². The van der Waals surface area contributed by atoms with Gasteiger partial charge in [0.05, 0.1) is 5.54 Å². The van der Waals surface area contributed by atoms with E-state index in [1.165, 1.54) is 31.2 Å². The number of rotatable bonds is 1. The summed E-state index contributed by atoms with van der Waals surface area (Å²) in [4.78, 5) is 4.91. The molecule has 1 N–H and O–H groups in total. The van der Waals surface area contributed by atoms with Crippen LogP contribution in [0.15, 0.2) is 23.2 Å². The lowest BCUT2D eigenvalue weighted by molar-refractivity contribution is 0.508. The molecule has 0 unspecified atom stereocenters. The maximum atomic E-state index is 6.04. The van der Waals surface area contributed by atoms with Gasteiger partial charge in [-0.1, -0.05) is 42.3 Å². The molecule has 1 heterocycles. The van der Waals surface area contributed by atoms with Crippen LogP contribution < -0.4 is 5.32 Å². The molecule has 0 saturated heterocycles. The average Bonchev–Trinajstić information content (AvgIpc) is 2.95. The van der Waals surface area contributed by atoms with Gasteiger partial charge in [0.2, 0.25) is 0 Å². The highest BCUT2D eigenvalue weighted by Gasteiger charge is 2.38. The van der Waals surface area contributed by atoms with Gasteiger partial charge in [0, 0.05) is 16.5 Å². The van der Waals surface area contributed by atoms with Crippen LogP contribution in [0.4, 0.5) is 5.69 Å². The Bertz CT molecular complexity index is 493. The molecular formula is C14H17ClN2S. The van der Waals surface area contributed by atoms with Crippen molar-refractivity contribution in [2.75, 3.05) is 11.1 Å². The second-order valence-corrected chi connectivity index (χ2v) is 6.62. The van der Waals surface area contributed by atoms with Crippen molar-refractivity contribution in [2.45, 2.75) is 38.1 Å². The minimum atomic E-state index is 0.236. The van der Waals surface area contributed by atoms with E-state index in [1.54, 1.807) is 0 Å². The molecule has 1 aromatic rings. The van der Waals surface area contributed by atoms with Gasteiger partial charge in [-0.3, -0.25) is 4.99 Å². The highest BCUT2D eigenvalue weighted by molar-refractivity contribution is 8.14. The predicted octanol–water partition coefficient (Wildman–Crippen LogP) is 4.48. The molecule has 1 aromatic carbocycles. The van der Waals surface area contributed by atoms with Gasteiger partial charge in [0.15, 0.2) is 5.17 Å². The van der Waals surface area contributed by atoms with E-state index in [4.69, 9.17) is 16.6 Å². The molecule has 18 heavy (non-hydrogen) atoms. The smallest absolute Gasteiger partial charge is 0.161 e. The van der Waals surface area contributed by atoms with Gasteiger partial charge in [0.1, 0.15) is 0 Å². The molecule has 0 atom stereocenters. The van der Waals surface area contributed by atoms with E-state index in [0.29, 0.717) is 0 Å². The minimum absolute atomic E-state index is 0.236. The van der Waals surface area contributed by atoms with Crippen LogP contribution in [0.5, 0.6) is 0 Å². The maximum Gasteiger partial charge on any atom is 0.161 e. The van der Waals surface area contributed by atoms with Crippen molar-refractivity contribution in [1.29, 1.82) is 0 Å². The fourth-order valence-electron chi connectivity index (χ4n) is 2.68. The van der Waals surface area contributed by atoms with E-state index >= 15 is 0 Å². The summed E-state index contributed by atoms with van der Waals surface area (Å²) in [5, 5.41) is 5.25. The van der Waals surface area contributed by atoms with Crippen molar-refractivity contribution in [3.8, 4) is 0 Å². The topological polar surface area (TPSA) is 24.4 Å². The van der Waals surface area contributed by atoms with E-state index < -0.39 is 0 Å². The lowest BCUT2D eigenvalue weighted by Gasteiger charge is -2.16. The summed E-state index contributed by atoms with van der Waals surface area (Å²) in [7, 11) is 0. The lowest BCUT2D eigenvalue weighted by atomic mass is 10.0. The average molecular weight is 281 g/mol. The number of thioether (sulfide) groups is 1. The molecule has 1 aliphatic heterocycles. The third kappa shape index (κ3) is 2.39. The molecule has 0 bridgehead atoms. The molecule has 1 fully saturated rings. The highest BCUT2D eigenvalue weighted by atomic mass is 35.5. The van der Waals surface area contributed by atoms with E-state index in [1.807, 2.05) is 30.0 Å². The Balaban J connectivity index is 1.79. The predicted molar refractivity (Wildman–Crippen MR) is 80.9 cm³/mol. The molecule has 1 aliphatic carbocycles. The van der Waals surface area contributed by atoms with Gasteiger partial charge in [-0.25, -0.2) is 0 Å². The maximum absolute atomic E-state index is 6.04. The summed E-state index contributed by atoms with van der Waals surface area (Å²) in [6, 6.07) is 5.93. The Hall–Kier alpha value is -0.670. The number of anilines is 1. The minimum Gasteiger partial charge on any atom is -0.335 e. The Labute approximate surface area is 117 Å². The van der Waals surface area contributed by atoms with Crippen LogP contribution in [0.2, 0.25) is 5.02 Å². The van der Waals surface area contributed by atoms with Gasteiger partial charge in [-0.05, 0) is 37.5 Å². The van der Waals surface area contributed by atoms with Crippen LogP contribution in [0.1, 0.15) is 31.2 Å². The second-order valence-electron chi connectivity index (χ2n) is 5.22. The van der Waals surface area contributed by atoms with Gasteiger partial charge in [-0.15, -0.1) is 0 Å². The van der Waals surface area contributed by atoms with Crippen LogP contribution in [0.3, 0.4) is 0 Å². The highest BCUT2D eigenvalue weighted by Crippen LogP contribution is 2.41. The van der Waals surface area contributed by atoms with Crippen molar-refractivity contribution in [2.24, 2.45) is 4.99 Å².